The summed E-state index contributed by atoms with van der Waals surface area (Å²) >= 11 is 0. The number of rotatable bonds is 14. The molecule has 9 nitrogen and oxygen atoms in total. The van der Waals surface area contributed by atoms with Gasteiger partial charge >= 0.3 is 5.97 Å². The van der Waals surface area contributed by atoms with Crippen LogP contribution in [0.15, 0.2) is 42.5 Å². The number of amides is 2. The fourth-order valence-electron chi connectivity index (χ4n) is 6.88. The molecule has 3 aliphatic heterocycles. The zero-order valence-electron chi connectivity index (χ0n) is 24.7. The number of hydrogen-bond acceptors (Lipinski definition) is 6. The van der Waals surface area contributed by atoms with Crippen molar-refractivity contribution in [3.63, 3.8) is 0 Å². The Bertz CT molecular complexity index is 1280. The quantitative estimate of drug-likeness (QED) is 0.331. The maximum atomic E-state index is 13.7. The fourth-order valence-corrected chi connectivity index (χ4v) is 6.88. The summed E-state index contributed by atoms with van der Waals surface area (Å²) in [4.78, 5) is 45.4. The topological polar surface area (TPSA) is 116 Å². The van der Waals surface area contributed by atoms with Crippen molar-refractivity contribution in [3.05, 3.63) is 59.2 Å². The molecule has 226 valence electrons. The Morgan fingerprint density at radius 3 is 2.69 bits per heavy atom. The Labute approximate surface area is 248 Å². The van der Waals surface area contributed by atoms with Crippen molar-refractivity contribution in [2.24, 2.45) is 11.7 Å². The summed E-state index contributed by atoms with van der Waals surface area (Å²) < 4.78 is 5.70. The smallest absolute Gasteiger partial charge is 0.308 e. The third kappa shape index (κ3) is 6.47. The zero-order chi connectivity index (χ0) is 29.6. The minimum absolute atomic E-state index is 0.0280. The van der Waals surface area contributed by atoms with Crippen LogP contribution in [0.5, 0.6) is 5.75 Å². The fraction of sp³-hybridized carbons (Fsp3) is 0.545. The second kappa shape index (κ2) is 13.7. The standard InChI is InChI=1S/C33H44N4O5/c1-2-3-15-35(16-7-6-14-34)31(39)22-36-21-26(23-10-11-29-25(19-23)13-18-42-29)32(33(40)41)28(36)12-17-37-27-9-5-4-8-24(27)20-30(37)38/h4-5,8-11,19,26,28,32H,2-3,6-7,12-18,20-22,34H2,1H3,(H,40,41). The first-order valence-corrected chi connectivity index (χ1v) is 15.5. The van der Waals surface area contributed by atoms with Crippen LogP contribution >= 0.6 is 0 Å². The van der Waals surface area contributed by atoms with E-state index in [1.807, 2.05) is 41.3 Å². The number of ether oxygens (including phenoxy) is 1. The van der Waals surface area contributed by atoms with E-state index in [0.717, 1.165) is 60.2 Å². The van der Waals surface area contributed by atoms with Crippen molar-refractivity contribution in [1.29, 1.82) is 0 Å². The molecule has 2 amide bonds. The third-order valence-electron chi connectivity index (χ3n) is 9.10. The summed E-state index contributed by atoms with van der Waals surface area (Å²) in [6, 6.07) is 13.4. The van der Waals surface area contributed by atoms with E-state index in [2.05, 4.69) is 17.9 Å². The molecular formula is C33H44N4O5. The van der Waals surface area contributed by atoms with E-state index in [0.29, 0.717) is 52.2 Å². The number of nitrogens with two attached hydrogens (primary N) is 1. The number of benzene rings is 2. The van der Waals surface area contributed by atoms with E-state index < -0.39 is 17.9 Å². The highest BCUT2D eigenvalue weighted by molar-refractivity contribution is 6.01. The van der Waals surface area contributed by atoms with Crippen LogP contribution in [0.25, 0.3) is 0 Å². The first kappa shape index (κ1) is 30.0. The number of hydrogen-bond donors (Lipinski definition) is 2. The largest absolute Gasteiger partial charge is 0.493 e. The molecule has 42 heavy (non-hydrogen) atoms. The summed E-state index contributed by atoms with van der Waals surface area (Å²) in [5.41, 5.74) is 9.68. The Kier molecular flexibility index (Phi) is 9.80. The zero-order valence-corrected chi connectivity index (χ0v) is 24.7. The number of nitrogens with zero attached hydrogens (tertiary/aromatic N) is 3. The molecule has 0 spiro atoms. The maximum absolute atomic E-state index is 13.7. The minimum Gasteiger partial charge on any atom is -0.493 e. The van der Waals surface area contributed by atoms with Gasteiger partial charge in [0.25, 0.3) is 0 Å². The van der Waals surface area contributed by atoms with Gasteiger partial charge in [0.1, 0.15) is 5.75 Å². The number of carboxylic acid groups (broad SMARTS) is 1. The second-order valence-electron chi connectivity index (χ2n) is 11.8. The van der Waals surface area contributed by atoms with Crippen LogP contribution in [0.3, 0.4) is 0 Å². The highest BCUT2D eigenvalue weighted by atomic mass is 16.5. The summed E-state index contributed by atoms with van der Waals surface area (Å²) in [6.07, 6.45) is 5.26. The number of anilines is 1. The van der Waals surface area contributed by atoms with Crippen LogP contribution in [0.4, 0.5) is 5.69 Å². The normalized spacial score (nSPS) is 21.3. The molecule has 2 aromatic carbocycles. The summed E-state index contributed by atoms with van der Waals surface area (Å²) in [7, 11) is 0. The Hall–Kier alpha value is -3.43. The predicted molar refractivity (Wildman–Crippen MR) is 162 cm³/mol. The predicted octanol–water partition coefficient (Wildman–Crippen LogP) is 3.44. The van der Waals surface area contributed by atoms with Crippen molar-refractivity contribution in [3.8, 4) is 5.75 Å². The van der Waals surface area contributed by atoms with Crippen LogP contribution in [-0.2, 0) is 27.2 Å². The number of unbranched alkanes of at least 4 members (excludes halogenated alkanes) is 2. The molecule has 3 heterocycles. The number of para-hydroxylation sites is 1. The third-order valence-corrected chi connectivity index (χ3v) is 9.10. The lowest BCUT2D eigenvalue weighted by molar-refractivity contribution is -0.143. The Balaban J connectivity index is 1.40. The van der Waals surface area contributed by atoms with Gasteiger partial charge < -0.3 is 25.4 Å². The van der Waals surface area contributed by atoms with E-state index >= 15 is 0 Å². The molecule has 0 bridgehead atoms. The average Bonchev–Trinajstić information content (AvgIpc) is 3.68. The Morgan fingerprint density at radius 2 is 1.90 bits per heavy atom. The molecule has 0 saturated carbocycles. The van der Waals surface area contributed by atoms with Gasteiger partial charge in [-0.15, -0.1) is 0 Å². The van der Waals surface area contributed by atoms with Crippen molar-refractivity contribution >= 4 is 23.5 Å². The molecular weight excluding hydrogens is 532 g/mol. The van der Waals surface area contributed by atoms with Crippen LogP contribution in [-0.4, -0.2) is 84.6 Å². The second-order valence-corrected chi connectivity index (χ2v) is 11.8. The number of carbonyl (C=O) groups is 3. The van der Waals surface area contributed by atoms with Gasteiger partial charge in [-0.3, -0.25) is 19.3 Å². The van der Waals surface area contributed by atoms with Crippen LogP contribution in [0, 0.1) is 5.92 Å². The lowest BCUT2D eigenvalue weighted by Crippen LogP contribution is -2.46. The molecule has 5 rings (SSSR count). The number of carboxylic acids is 1. The maximum Gasteiger partial charge on any atom is 0.308 e. The number of likely N-dealkylation sites (tertiary alicyclic amines) is 1. The molecule has 0 aliphatic carbocycles. The van der Waals surface area contributed by atoms with E-state index in [1.165, 1.54) is 0 Å². The van der Waals surface area contributed by atoms with Crippen molar-refractivity contribution in [2.45, 2.75) is 63.8 Å². The first-order valence-electron chi connectivity index (χ1n) is 15.5. The van der Waals surface area contributed by atoms with Gasteiger partial charge in [0.15, 0.2) is 0 Å². The Morgan fingerprint density at radius 1 is 1.10 bits per heavy atom. The number of aliphatic carboxylic acids is 1. The van der Waals surface area contributed by atoms with Gasteiger partial charge in [0.05, 0.1) is 25.5 Å². The lowest BCUT2D eigenvalue weighted by Gasteiger charge is -2.31. The summed E-state index contributed by atoms with van der Waals surface area (Å²) in [5, 5.41) is 10.6. The van der Waals surface area contributed by atoms with Crippen molar-refractivity contribution < 1.29 is 24.2 Å². The van der Waals surface area contributed by atoms with Gasteiger partial charge in [-0.05, 0) is 61.1 Å². The number of carbonyl (C=O) groups excluding carboxylic acids is 2. The van der Waals surface area contributed by atoms with Crippen LogP contribution in [0.2, 0.25) is 0 Å². The van der Waals surface area contributed by atoms with Gasteiger partial charge in [0.2, 0.25) is 11.8 Å². The number of fused-ring (bicyclic) bond motifs is 2. The molecule has 3 N–H and O–H groups in total. The summed E-state index contributed by atoms with van der Waals surface area (Å²) in [5.74, 6) is -0.913. The van der Waals surface area contributed by atoms with E-state index in [4.69, 9.17) is 10.5 Å². The molecule has 1 saturated heterocycles. The van der Waals surface area contributed by atoms with Gasteiger partial charge in [-0.1, -0.05) is 43.7 Å². The molecule has 0 radical (unpaired) electrons. The molecule has 1 fully saturated rings. The molecule has 2 aromatic rings. The molecule has 3 aliphatic rings. The SMILES string of the molecule is CCCCN(CCCCN)C(=O)CN1CC(c2ccc3c(c2)CCO3)C(C(=O)O)C1CCN1C(=O)Cc2ccccc21. The van der Waals surface area contributed by atoms with E-state index in [-0.39, 0.29) is 24.3 Å². The van der Waals surface area contributed by atoms with Crippen molar-refractivity contribution in [1.82, 2.24) is 9.80 Å². The van der Waals surface area contributed by atoms with Gasteiger partial charge in [-0.2, -0.15) is 0 Å². The van der Waals surface area contributed by atoms with Crippen LogP contribution < -0.4 is 15.4 Å². The first-order chi connectivity index (χ1) is 20.4. The average molecular weight is 577 g/mol. The lowest BCUT2D eigenvalue weighted by atomic mass is 9.83. The molecule has 3 atom stereocenters. The highest BCUT2D eigenvalue weighted by Crippen LogP contribution is 2.41. The molecule has 3 unspecified atom stereocenters. The molecule has 0 aromatic heterocycles. The van der Waals surface area contributed by atoms with Crippen LogP contribution in [0.1, 0.15) is 61.6 Å². The minimum atomic E-state index is -0.865. The van der Waals surface area contributed by atoms with E-state index in [9.17, 15) is 19.5 Å². The van der Waals surface area contributed by atoms with E-state index in [1.54, 1.807) is 4.90 Å². The highest BCUT2D eigenvalue weighted by Gasteiger charge is 2.47. The molecule has 9 heteroatoms. The van der Waals surface area contributed by atoms with Gasteiger partial charge in [0, 0.05) is 50.2 Å². The van der Waals surface area contributed by atoms with Crippen molar-refractivity contribution in [2.75, 3.05) is 50.8 Å². The monoisotopic (exact) mass is 576 g/mol. The summed E-state index contributed by atoms with van der Waals surface area (Å²) in [6.45, 7) is 5.74. The van der Waals surface area contributed by atoms with Gasteiger partial charge in [-0.25, -0.2) is 0 Å².